The van der Waals surface area contributed by atoms with Crippen LogP contribution in [-0.2, 0) is 11.3 Å². The summed E-state index contributed by atoms with van der Waals surface area (Å²) < 4.78 is 12.8. The number of benzene rings is 1. The number of carbonyl (C=O) groups is 1. The van der Waals surface area contributed by atoms with Crippen LogP contribution < -0.4 is 10.6 Å². The van der Waals surface area contributed by atoms with Crippen molar-refractivity contribution in [3.05, 3.63) is 47.3 Å². The van der Waals surface area contributed by atoms with Gasteiger partial charge >= 0.3 is 0 Å². The molecular weight excluding hydrogens is 279 g/mol. The Morgan fingerprint density at radius 2 is 1.95 bits per heavy atom. The molecule has 0 saturated carbocycles. The van der Waals surface area contributed by atoms with Gasteiger partial charge in [-0.15, -0.1) is 0 Å². The van der Waals surface area contributed by atoms with E-state index >= 15 is 0 Å². The largest absolute Gasteiger partial charge is 0.352 e. The minimum Gasteiger partial charge on any atom is -0.352 e. The van der Waals surface area contributed by atoms with Crippen LogP contribution in [0.25, 0.3) is 0 Å². The summed E-state index contributed by atoms with van der Waals surface area (Å²) in [5.74, 6) is -0.235. The molecule has 0 radical (unpaired) electrons. The zero-order chi connectivity index (χ0) is 15.6. The molecule has 2 rings (SSSR count). The SMILES string of the molecule is O=C(CCNCCC1=CCCCC1)NCc1ccc(F)cc1. The monoisotopic (exact) mass is 304 g/mol. The lowest BCUT2D eigenvalue weighted by Gasteiger charge is -2.12. The third-order valence-electron chi connectivity index (χ3n) is 3.94. The lowest BCUT2D eigenvalue weighted by molar-refractivity contribution is -0.121. The molecule has 0 spiro atoms. The predicted molar refractivity (Wildman–Crippen MR) is 86.9 cm³/mol. The van der Waals surface area contributed by atoms with Crippen molar-refractivity contribution in [2.24, 2.45) is 0 Å². The molecular formula is C18H25FN2O. The minimum absolute atomic E-state index is 0.0220. The van der Waals surface area contributed by atoms with Crippen LogP contribution in [0, 0.1) is 5.82 Å². The molecule has 3 nitrogen and oxygen atoms in total. The molecule has 120 valence electrons. The zero-order valence-corrected chi connectivity index (χ0v) is 13.0. The van der Waals surface area contributed by atoms with Gasteiger partial charge in [-0.25, -0.2) is 4.39 Å². The van der Waals surface area contributed by atoms with Crippen LogP contribution in [0.4, 0.5) is 4.39 Å². The summed E-state index contributed by atoms with van der Waals surface area (Å²) in [6, 6.07) is 6.18. The number of carbonyl (C=O) groups excluding carboxylic acids is 1. The normalized spacial score (nSPS) is 14.5. The number of hydrogen-bond donors (Lipinski definition) is 2. The molecule has 1 aliphatic rings. The molecule has 22 heavy (non-hydrogen) atoms. The number of nitrogens with one attached hydrogen (secondary N) is 2. The van der Waals surface area contributed by atoms with Gasteiger partial charge in [-0.2, -0.15) is 0 Å². The third-order valence-corrected chi connectivity index (χ3v) is 3.94. The molecule has 1 aromatic carbocycles. The maximum Gasteiger partial charge on any atom is 0.221 e. The molecule has 2 N–H and O–H groups in total. The number of halogens is 1. The second-order valence-electron chi connectivity index (χ2n) is 5.76. The van der Waals surface area contributed by atoms with Gasteiger partial charge in [0, 0.05) is 19.5 Å². The lowest BCUT2D eigenvalue weighted by atomic mass is 9.97. The van der Waals surface area contributed by atoms with Crippen LogP contribution in [0.1, 0.15) is 44.1 Å². The highest BCUT2D eigenvalue weighted by Crippen LogP contribution is 2.19. The summed E-state index contributed by atoms with van der Waals surface area (Å²) in [7, 11) is 0. The Hall–Kier alpha value is -1.68. The average Bonchev–Trinajstić information content (AvgIpc) is 2.55. The molecule has 1 aromatic rings. The second-order valence-corrected chi connectivity index (χ2v) is 5.76. The maximum absolute atomic E-state index is 12.8. The lowest BCUT2D eigenvalue weighted by Crippen LogP contribution is -2.27. The van der Waals surface area contributed by atoms with Crippen LogP contribution in [-0.4, -0.2) is 19.0 Å². The highest BCUT2D eigenvalue weighted by Gasteiger charge is 2.04. The maximum atomic E-state index is 12.8. The summed E-state index contributed by atoms with van der Waals surface area (Å²) >= 11 is 0. The van der Waals surface area contributed by atoms with E-state index in [0.29, 0.717) is 19.5 Å². The fraction of sp³-hybridized carbons (Fsp3) is 0.500. The second kappa shape index (κ2) is 9.36. The summed E-state index contributed by atoms with van der Waals surface area (Å²) in [5, 5.41) is 6.16. The molecule has 0 atom stereocenters. The molecule has 4 heteroatoms. The van der Waals surface area contributed by atoms with E-state index in [1.54, 1.807) is 17.7 Å². The summed E-state index contributed by atoms with van der Waals surface area (Å²) in [6.45, 7) is 2.09. The Morgan fingerprint density at radius 3 is 2.68 bits per heavy atom. The van der Waals surface area contributed by atoms with Gasteiger partial charge < -0.3 is 10.6 Å². The Bertz CT molecular complexity index is 496. The van der Waals surface area contributed by atoms with Crippen molar-refractivity contribution in [2.45, 2.75) is 45.1 Å². The molecule has 0 heterocycles. The van der Waals surface area contributed by atoms with Gasteiger partial charge in [0.2, 0.25) is 5.91 Å². The van der Waals surface area contributed by atoms with Crippen LogP contribution in [0.15, 0.2) is 35.9 Å². The van der Waals surface area contributed by atoms with Crippen molar-refractivity contribution in [1.29, 1.82) is 0 Å². The van der Waals surface area contributed by atoms with E-state index in [9.17, 15) is 9.18 Å². The van der Waals surface area contributed by atoms with Crippen molar-refractivity contribution < 1.29 is 9.18 Å². The third kappa shape index (κ3) is 6.39. The average molecular weight is 304 g/mol. The van der Waals surface area contributed by atoms with Gasteiger partial charge in [0.15, 0.2) is 0 Å². The number of hydrogen-bond acceptors (Lipinski definition) is 2. The van der Waals surface area contributed by atoms with E-state index in [1.165, 1.54) is 37.8 Å². The topological polar surface area (TPSA) is 41.1 Å². The Morgan fingerprint density at radius 1 is 1.14 bits per heavy atom. The van der Waals surface area contributed by atoms with Crippen molar-refractivity contribution in [3.63, 3.8) is 0 Å². The van der Waals surface area contributed by atoms with Crippen molar-refractivity contribution in [3.8, 4) is 0 Å². The fourth-order valence-corrected chi connectivity index (χ4v) is 2.60. The first-order valence-electron chi connectivity index (χ1n) is 8.14. The molecule has 0 aliphatic heterocycles. The predicted octanol–water partition coefficient (Wildman–Crippen LogP) is 3.31. The Kier molecular flexibility index (Phi) is 7.10. The van der Waals surface area contributed by atoms with Crippen LogP contribution in [0.5, 0.6) is 0 Å². The molecule has 0 unspecified atom stereocenters. The van der Waals surface area contributed by atoms with Gasteiger partial charge in [0.05, 0.1) is 0 Å². The van der Waals surface area contributed by atoms with E-state index in [-0.39, 0.29) is 11.7 Å². The molecule has 0 fully saturated rings. The number of rotatable bonds is 8. The molecule has 1 amide bonds. The van der Waals surface area contributed by atoms with Crippen molar-refractivity contribution in [1.82, 2.24) is 10.6 Å². The highest BCUT2D eigenvalue weighted by atomic mass is 19.1. The van der Waals surface area contributed by atoms with Crippen LogP contribution >= 0.6 is 0 Å². The molecule has 0 saturated heterocycles. The Balaban J connectivity index is 1.52. The van der Waals surface area contributed by atoms with E-state index in [1.807, 2.05) is 0 Å². The number of allylic oxidation sites excluding steroid dienone is 1. The summed E-state index contributed by atoms with van der Waals surface area (Å²) in [4.78, 5) is 11.7. The van der Waals surface area contributed by atoms with Gasteiger partial charge in [-0.1, -0.05) is 23.8 Å². The van der Waals surface area contributed by atoms with E-state index < -0.39 is 0 Å². The summed E-state index contributed by atoms with van der Waals surface area (Å²) in [6.07, 6.45) is 9.03. The van der Waals surface area contributed by atoms with Gasteiger partial charge in [0.25, 0.3) is 0 Å². The first-order valence-corrected chi connectivity index (χ1v) is 8.14. The van der Waals surface area contributed by atoms with E-state index in [2.05, 4.69) is 16.7 Å². The quantitative estimate of drug-likeness (QED) is 0.571. The Labute approximate surface area is 132 Å². The standard InChI is InChI=1S/C18H25FN2O/c19-17-8-6-16(7-9-17)14-21-18(22)11-13-20-12-10-15-4-2-1-3-5-15/h4,6-9,20H,1-3,5,10-14H2,(H,21,22). The molecule has 1 aliphatic carbocycles. The molecule has 0 bridgehead atoms. The summed E-state index contributed by atoms with van der Waals surface area (Å²) in [5.41, 5.74) is 2.46. The highest BCUT2D eigenvalue weighted by molar-refractivity contribution is 5.76. The van der Waals surface area contributed by atoms with Crippen molar-refractivity contribution in [2.75, 3.05) is 13.1 Å². The molecule has 0 aromatic heterocycles. The zero-order valence-electron chi connectivity index (χ0n) is 13.0. The first-order chi connectivity index (χ1) is 10.7. The van der Waals surface area contributed by atoms with Crippen LogP contribution in [0.2, 0.25) is 0 Å². The smallest absolute Gasteiger partial charge is 0.221 e. The van der Waals surface area contributed by atoms with Crippen LogP contribution in [0.3, 0.4) is 0 Å². The minimum atomic E-state index is -0.257. The number of amides is 1. The first kappa shape index (κ1) is 16.7. The fourth-order valence-electron chi connectivity index (χ4n) is 2.60. The van der Waals surface area contributed by atoms with Gasteiger partial charge in [-0.05, 0) is 56.3 Å². The van der Waals surface area contributed by atoms with Crippen molar-refractivity contribution >= 4 is 5.91 Å². The van der Waals surface area contributed by atoms with Gasteiger partial charge in [0.1, 0.15) is 5.82 Å². The van der Waals surface area contributed by atoms with E-state index in [4.69, 9.17) is 0 Å². The van der Waals surface area contributed by atoms with Gasteiger partial charge in [-0.3, -0.25) is 4.79 Å². The van der Waals surface area contributed by atoms with E-state index in [0.717, 1.165) is 18.5 Å².